The van der Waals surface area contributed by atoms with E-state index in [2.05, 4.69) is 50.9 Å². The van der Waals surface area contributed by atoms with Crippen molar-refractivity contribution < 1.29 is 19.1 Å². The number of aryl methyl sites for hydroxylation is 2. The molecule has 3 amide bonds. The SMILES string of the molecule is Cc1cc(Br)cc(C)c1NC(=O)COc1ccc(/C=N\NC(=O)C(=O)NCc2ccc(C(C)C)cc2)cc1. The summed E-state index contributed by atoms with van der Waals surface area (Å²) in [5.74, 6) is -0.966. The maximum Gasteiger partial charge on any atom is 0.329 e. The number of carbonyl (C=O) groups is 3. The molecule has 0 unspecified atom stereocenters. The normalized spacial score (nSPS) is 10.9. The smallest absolute Gasteiger partial charge is 0.329 e. The Morgan fingerprint density at radius 2 is 1.58 bits per heavy atom. The molecule has 0 heterocycles. The Kier molecular flexibility index (Phi) is 10.2. The summed E-state index contributed by atoms with van der Waals surface area (Å²) >= 11 is 3.44. The van der Waals surface area contributed by atoms with E-state index < -0.39 is 11.8 Å². The molecule has 198 valence electrons. The number of hydrogen-bond donors (Lipinski definition) is 3. The molecule has 0 aliphatic rings. The van der Waals surface area contributed by atoms with Crippen LogP contribution in [0.2, 0.25) is 0 Å². The maximum atomic E-state index is 12.3. The van der Waals surface area contributed by atoms with Gasteiger partial charge >= 0.3 is 11.8 Å². The van der Waals surface area contributed by atoms with Gasteiger partial charge in [0.25, 0.3) is 5.91 Å². The minimum Gasteiger partial charge on any atom is -0.484 e. The van der Waals surface area contributed by atoms with Crippen LogP contribution >= 0.6 is 15.9 Å². The Hall–Kier alpha value is -3.98. The molecular formula is C29H31BrN4O4. The predicted molar refractivity (Wildman–Crippen MR) is 152 cm³/mol. The average Bonchev–Trinajstić information content (AvgIpc) is 2.89. The number of hydrazone groups is 1. The van der Waals surface area contributed by atoms with E-state index >= 15 is 0 Å². The highest BCUT2D eigenvalue weighted by molar-refractivity contribution is 9.10. The zero-order valence-corrected chi connectivity index (χ0v) is 23.4. The minimum atomic E-state index is -0.859. The van der Waals surface area contributed by atoms with Gasteiger partial charge < -0.3 is 15.4 Å². The third-order valence-corrected chi connectivity index (χ3v) is 6.16. The second kappa shape index (κ2) is 13.5. The van der Waals surface area contributed by atoms with Crippen LogP contribution in [0.5, 0.6) is 5.75 Å². The highest BCUT2D eigenvalue weighted by Crippen LogP contribution is 2.25. The fourth-order valence-electron chi connectivity index (χ4n) is 3.58. The van der Waals surface area contributed by atoms with Gasteiger partial charge in [-0.1, -0.05) is 54.0 Å². The third kappa shape index (κ3) is 8.55. The quantitative estimate of drug-likeness (QED) is 0.189. The molecular weight excluding hydrogens is 548 g/mol. The van der Waals surface area contributed by atoms with Crippen LogP contribution in [0.25, 0.3) is 0 Å². The maximum absolute atomic E-state index is 12.3. The fourth-order valence-corrected chi connectivity index (χ4v) is 4.27. The molecule has 0 atom stereocenters. The first-order valence-electron chi connectivity index (χ1n) is 12.1. The second-order valence-electron chi connectivity index (χ2n) is 9.10. The van der Waals surface area contributed by atoms with E-state index in [9.17, 15) is 14.4 Å². The van der Waals surface area contributed by atoms with Crippen LogP contribution in [-0.4, -0.2) is 30.5 Å². The van der Waals surface area contributed by atoms with Crippen LogP contribution in [0.1, 0.15) is 47.6 Å². The van der Waals surface area contributed by atoms with Crippen molar-refractivity contribution in [1.29, 1.82) is 0 Å². The van der Waals surface area contributed by atoms with Gasteiger partial charge in [0.2, 0.25) is 0 Å². The number of nitrogens with one attached hydrogen (secondary N) is 3. The molecule has 0 saturated heterocycles. The summed E-state index contributed by atoms with van der Waals surface area (Å²) in [6.07, 6.45) is 1.41. The minimum absolute atomic E-state index is 0.143. The zero-order valence-electron chi connectivity index (χ0n) is 21.8. The first kappa shape index (κ1) is 28.6. The Morgan fingerprint density at radius 1 is 0.947 bits per heavy atom. The van der Waals surface area contributed by atoms with Crippen LogP contribution in [-0.2, 0) is 20.9 Å². The molecule has 0 fully saturated rings. The molecule has 0 aliphatic heterocycles. The number of halogens is 1. The molecule has 3 rings (SSSR count). The first-order valence-corrected chi connectivity index (χ1v) is 12.9. The van der Waals surface area contributed by atoms with Gasteiger partial charge in [-0.2, -0.15) is 5.10 Å². The number of amides is 3. The van der Waals surface area contributed by atoms with Gasteiger partial charge in [0, 0.05) is 16.7 Å². The van der Waals surface area contributed by atoms with Gasteiger partial charge in [-0.3, -0.25) is 14.4 Å². The number of rotatable bonds is 9. The summed E-state index contributed by atoms with van der Waals surface area (Å²) in [6.45, 7) is 8.18. The van der Waals surface area contributed by atoms with E-state index in [1.165, 1.54) is 11.8 Å². The van der Waals surface area contributed by atoms with Crippen LogP contribution in [0, 0.1) is 13.8 Å². The highest BCUT2D eigenvalue weighted by Gasteiger charge is 2.12. The van der Waals surface area contributed by atoms with E-state index in [0.717, 1.165) is 26.9 Å². The number of ether oxygens (including phenoxy) is 1. The standard InChI is InChI=1S/C29H31BrN4O4/c1-18(2)23-9-5-21(6-10-23)15-31-28(36)29(37)34-32-16-22-7-11-25(12-8-22)38-17-26(35)33-27-19(3)13-24(30)14-20(27)4/h5-14,16,18H,15,17H2,1-4H3,(H,31,36)(H,33,35)(H,34,37)/b32-16-. The largest absolute Gasteiger partial charge is 0.484 e. The van der Waals surface area contributed by atoms with Crippen molar-refractivity contribution in [1.82, 2.24) is 10.7 Å². The fraction of sp³-hybridized carbons (Fsp3) is 0.241. The summed E-state index contributed by atoms with van der Waals surface area (Å²) < 4.78 is 6.52. The summed E-state index contributed by atoms with van der Waals surface area (Å²) in [4.78, 5) is 36.3. The molecule has 0 bridgehead atoms. The summed E-state index contributed by atoms with van der Waals surface area (Å²) in [6, 6.07) is 18.5. The van der Waals surface area contributed by atoms with Crippen molar-refractivity contribution in [2.75, 3.05) is 11.9 Å². The molecule has 3 N–H and O–H groups in total. The van der Waals surface area contributed by atoms with Crippen LogP contribution < -0.4 is 20.8 Å². The number of hydrogen-bond acceptors (Lipinski definition) is 5. The van der Waals surface area contributed by atoms with Crippen molar-refractivity contribution >= 4 is 45.6 Å². The van der Waals surface area contributed by atoms with Crippen LogP contribution in [0.15, 0.2) is 70.2 Å². The predicted octanol–water partition coefficient (Wildman–Crippen LogP) is 4.97. The molecule has 0 aliphatic carbocycles. The van der Waals surface area contributed by atoms with Gasteiger partial charge in [0.1, 0.15) is 5.75 Å². The third-order valence-electron chi connectivity index (χ3n) is 5.70. The first-order chi connectivity index (χ1) is 18.1. The molecule has 3 aromatic carbocycles. The number of benzene rings is 3. The second-order valence-corrected chi connectivity index (χ2v) is 10.0. The molecule has 8 nitrogen and oxygen atoms in total. The van der Waals surface area contributed by atoms with E-state index in [4.69, 9.17) is 4.74 Å². The number of nitrogens with zero attached hydrogens (tertiary/aromatic N) is 1. The molecule has 0 spiro atoms. The van der Waals surface area contributed by atoms with Gasteiger partial charge in [-0.25, -0.2) is 5.43 Å². The Balaban J connectivity index is 1.41. The molecule has 9 heteroatoms. The van der Waals surface area contributed by atoms with Gasteiger partial charge in [0.15, 0.2) is 6.61 Å². The monoisotopic (exact) mass is 578 g/mol. The van der Waals surface area contributed by atoms with E-state index in [-0.39, 0.29) is 19.1 Å². The average molecular weight is 579 g/mol. The molecule has 0 radical (unpaired) electrons. The Bertz CT molecular complexity index is 1300. The highest BCUT2D eigenvalue weighted by atomic mass is 79.9. The Labute approximate surface area is 231 Å². The molecule has 0 saturated carbocycles. The number of carbonyl (C=O) groups excluding carboxylic acids is 3. The lowest BCUT2D eigenvalue weighted by atomic mass is 10.0. The van der Waals surface area contributed by atoms with Crippen molar-refractivity contribution in [2.45, 2.75) is 40.2 Å². The van der Waals surface area contributed by atoms with E-state index in [0.29, 0.717) is 17.2 Å². The topological polar surface area (TPSA) is 109 Å². The van der Waals surface area contributed by atoms with Crippen LogP contribution in [0.4, 0.5) is 5.69 Å². The Morgan fingerprint density at radius 3 is 2.18 bits per heavy atom. The summed E-state index contributed by atoms with van der Waals surface area (Å²) in [5, 5.41) is 9.28. The summed E-state index contributed by atoms with van der Waals surface area (Å²) in [5.41, 5.74) is 7.67. The number of anilines is 1. The van der Waals surface area contributed by atoms with Crippen molar-refractivity contribution in [3.8, 4) is 5.75 Å². The summed E-state index contributed by atoms with van der Waals surface area (Å²) in [7, 11) is 0. The van der Waals surface area contributed by atoms with Gasteiger partial charge in [0.05, 0.1) is 6.21 Å². The van der Waals surface area contributed by atoms with Gasteiger partial charge in [-0.15, -0.1) is 0 Å². The van der Waals surface area contributed by atoms with Crippen molar-refractivity contribution in [2.24, 2.45) is 5.10 Å². The van der Waals surface area contributed by atoms with E-state index in [1.807, 2.05) is 50.2 Å². The van der Waals surface area contributed by atoms with Crippen molar-refractivity contribution in [3.05, 3.63) is 93.0 Å². The lowest BCUT2D eigenvalue weighted by molar-refractivity contribution is -0.139. The van der Waals surface area contributed by atoms with E-state index in [1.54, 1.807) is 24.3 Å². The zero-order chi connectivity index (χ0) is 27.7. The molecule has 38 heavy (non-hydrogen) atoms. The van der Waals surface area contributed by atoms with Crippen molar-refractivity contribution in [3.63, 3.8) is 0 Å². The van der Waals surface area contributed by atoms with Crippen LogP contribution in [0.3, 0.4) is 0 Å². The molecule has 0 aromatic heterocycles. The van der Waals surface area contributed by atoms with Gasteiger partial charge in [-0.05, 0) is 84.0 Å². The lowest BCUT2D eigenvalue weighted by Crippen LogP contribution is -2.37. The lowest BCUT2D eigenvalue weighted by Gasteiger charge is -2.13. The molecule has 3 aromatic rings.